The molecule has 1 saturated heterocycles. The van der Waals surface area contributed by atoms with Gasteiger partial charge in [-0.1, -0.05) is 24.8 Å². The largest absolute Gasteiger partial charge is 0.493 e. The molecule has 0 radical (unpaired) electrons. The van der Waals surface area contributed by atoms with E-state index in [4.69, 9.17) is 14.5 Å². The van der Waals surface area contributed by atoms with Gasteiger partial charge < -0.3 is 14.4 Å². The van der Waals surface area contributed by atoms with Crippen LogP contribution < -0.4 is 9.47 Å². The molecule has 0 aliphatic carbocycles. The van der Waals surface area contributed by atoms with E-state index >= 15 is 0 Å². The summed E-state index contributed by atoms with van der Waals surface area (Å²) in [4.78, 5) is 12.0. The number of aliphatic imine (C=N–C) groups is 1. The van der Waals surface area contributed by atoms with Crippen LogP contribution in [0.1, 0.15) is 44.1 Å². The lowest BCUT2D eigenvalue weighted by atomic mass is 9.96. The van der Waals surface area contributed by atoms with Gasteiger partial charge in [-0.25, -0.2) is 0 Å². The second-order valence-electron chi connectivity index (χ2n) is 7.34. The molecule has 2 aromatic rings. The molecule has 3 atom stereocenters. The molecule has 1 fully saturated rings. The van der Waals surface area contributed by atoms with Crippen molar-refractivity contribution in [1.29, 1.82) is 0 Å². The molecule has 0 amide bonds. The lowest BCUT2D eigenvalue weighted by Gasteiger charge is -2.28. The Morgan fingerprint density at radius 2 is 2.11 bits per heavy atom. The first kappa shape index (κ1) is 19.6. The van der Waals surface area contributed by atoms with Gasteiger partial charge in [-0.2, -0.15) is 0 Å². The highest BCUT2D eigenvalue weighted by atomic mass is 79.9. The monoisotopic (exact) mass is 461 g/mol. The Morgan fingerprint density at radius 1 is 1.29 bits per heavy atom. The van der Waals surface area contributed by atoms with Gasteiger partial charge in [-0.05, 0) is 59.6 Å². The molecule has 0 spiro atoms. The molecule has 5 nitrogen and oxygen atoms in total. The maximum Gasteiger partial charge on any atom is 0.175 e. The van der Waals surface area contributed by atoms with Gasteiger partial charge in [0.05, 0.1) is 29.4 Å². The van der Waals surface area contributed by atoms with E-state index in [2.05, 4.69) is 50.9 Å². The number of benzene rings is 1. The normalized spacial score (nSPS) is 23.7. The number of hydrogen-bond donors (Lipinski definition) is 0. The number of ether oxygens (including phenoxy) is 2. The molecule has 7 heteroatoms. The average Bonchev–Trinajstić information content (AvgIpc) is 3.19. The summed E-state index contributed by atoms with van der Waals surface area (Å²) in [6, 6.07) is 10.3. The summed E-state index contributed by atoms with van der Waals surface area (Å²) in [5.74, 6) is 1.46. The van der Waals surface area contributed by atoms with Crippen molar-refractivity contribution in [3.05, 3.63) is 52.3 Å². The Bertz CT molecular complexity index is 891. The number of hydrogen-bond acceptors (Lipinski definition) is 6. The third-order valence-electron chi connectivity index (χ3n) is 4.83. The van der Waals surface area contributed by atoms with Gasteiger partial charge in [0, 0.05) is 18.0 Å². The molecule has 0 bridgehead atoms. The second-order valence-corrected chi connectivity index (χ2v) is 9.60. The maximum absolute atomic E-state index is 5.97. The summed E-state index contributed by atoms with van der Waals surface area (Å²) in [6.07, 6.45) is 1.90. The number of pyridine rings is 1. The van der Waals surface area contributed by atoms with Gasteiger partial charge in [-0.3, -0.25) is 9.98 Å². The molecule has 3 heterocycles. The highest BCUT2D eigenvalue weighted by Crippen LogP contribution is 2.50. The van der Waals surface area contributed by atoms with Crippen LogP contribution in [0.4, 0.5) is 0 Å². The van der Waals surface area contributed by atoms with E-state index < -0.39 is 0 Å². The molecular formula is C21H24BrN3O2S. The highest BCUT2D eigenvalue weighted by Gasteiger charge is 2.44. The number of halogens is 1. The van der Waals surface area contributed by atoms with Crippen molar-refractivity contribution in [3.63, 3.8) is 0 Å². The van der Waals surface area contributed by atoms with E-state index in [1.54, 1.807) is 7.11 Å². The third kappa shape index (κ3) is 3.62. The van der Waals surface area contributed by atoms with Crippen LogP contribution >= 0.6 is 27.7 Å². The lowest BCUT2D eigenvalue weighted by molar-refractivity contribution is 0.228. The molecule has 148 valence electrons. The summed E-state index contributed by atoms with van der Waals surface area (Å²) < 4.78 is 12.5. The summed E-state index contributed by atoms with van der Waals surface area (Å²) in [7, 11) is 1.68. The molecule has 28 heavy (non-hydrogen) atoms. The summed E-state index contributed by atoms with van der Waals surface area (Å²) in [6.45, 7) is 7.24. The Hall–Kier alpha value is -1.73. The maximum atomic E-state index is 5.97. The number of fused-ring (bicyclic) bond motifs is 1. The zero-order valence-corrected chi connectivity index (χ0v) is 18.8. The van der Waals surface area contributed by atoms with E-state index in [0.29, 0.717) is 5.25 Å². The van der Waals surface area contributed by atoms with Crippen LogP contribution in [0.15, 0.2) is 46.0 Å². The topological polar surface area (TPSA) is 47.0 Å². The summed E-state index contributed by atoms with van der Waals surface area (Å²) >= 11 is 5.53. The minimum absolute atomic E-state index is 0.0373. The third-order valence-corrected chi connectivity index (χ3v) is 6.52. The van der Waals surface area contributed by atoms with Crippen LogP contribution in [0, 0.1) is 0 Å². The fraction of sp³-hybridized carbons (Fsp3) is 0.429. The molecule has 2 aliphatic heterocycles. The van der Waals surface area contributed by atoms with E-state index in [1.165, 1.54) is 0 Å². The zero-order chi connectivity index (χ0) is 19.8. The average molecular weight is 462 g/mol. The van der Waals surface area contributed by atoms with Gasteiger partial charge >= 0.3 is 0 Å². The van der Waals surface area contributed by atoms with Crippen LogP contribution in [0.25, 0.3) is 0 Å². The van der Waals surface area contributed by atoms with Gasteiger partial charge in [0.15, 0.2) is 16.7 Å². The highest BCUT2D eigenvalue weighted by molar-refractivity contribution is 9.10. The second kappa shape index (κ2) is 7.95. The Kier molecular flexibility index (Phi) is 5.56. The van der Waals surface area contributed by atoms with E-state index in [-0.39, 0.29) is 18.2 Å². The van der Waals surface area contributed by atoms with Crippen molar-refractivity contribution in [3.8, 4) is 11.5 Å². The molecule has 2 aliphatic rings. The van der Waals surface area contributed by atoms with Crippen molar-refractivity contribution in [2.75, 3.05) is 13.7 Å². The smallest absolute Gasteiger partial charge is 0.175 e. The number of nitrogens with zero attached hydrogens (tertiary/aromatic N) is 3. The van der Waals surface area contributed by atoms with Crippen molar-refractivity contribution >= 4 is 32.9 Å². The van der Waals surface area contributed by atoms with Crippen LogP contribution in [-0.2, 0) is 0 Å². The first-order chi connectivity index (χ1) is 13.5. The molecule has 1 aromatic heterocycles. The fourth-order valence-electron chi connectivity index (χ4n) is 3.74. The molecular weight excluding hydrogens is 438 g/mol. The number of rotatable bonds is 5. The van der Waals surface area contributed by atoms with Gasteiger partial charge in [0.2, 0.25) is 0 Å². The first-order valence-electron chi connectivity index (χ1n) is 9.44. The molecule has 4 rings (SSSR count). The molecule has 0 unspecified atom stereocenters. The molecule has 0 N–H and O–H groups in total. The summed E-state index contributed by atoms with van der Waals surface area (Å²) in [5, 5.41) is 1.63. The van der Waals surface area contributed by atoms with Gasteiger partial charge in [-0.15, -0.1) is 0 Å². The van der Waals surface area contributed by atoms with Crippen molar-refractivity contribution < 1.29 is 9.47 Å². The van der Waals surface area contributed by atoms with Gasteiger partial charge in [0.1, 0.15) is 6.04 Å². The van der Waals surface area contributed by atoms with Crippen LogP contribution in [0.5, 0.6) is 11.5 Å². The van der Waals surface area contributed by atoms with E-state index in [1.807, 2.05) is 43.9 Å². The fourth-order valence-corrected chi connectivity index (χ4v) is 5.38. The van der Waals surface area contributed by atoms with E-state index in [0.717, 1.165) is 38.9 Å². The summed E-state index contributed by atoms with van der Waals surface area (Å²) in [5.41, 5.74) is 2.13. The van der Waals surface area contributed by atoms with Crippen LogP contribution in [0.2, 0.25) is 0 Å². The van der Waals surface area contributed by atoms with Crippen molar-refractivity contribution in [2.24, 2.45) is 4.99 Å². The standard InChI is InChI=1S/C21H24BrN3O2S/c1-12(2)27-20-15(22)9-14(10-17(20)26-4)19-18(16-7-5-6-8-23-16)24-21-25(19)11-13(3)28-21/h5-10,12-13,18-19H,11H2,1-4H3/t13-,18+,19-/m1/s1. The Morgan fingerprint density at radius 3 is 2.79 bits per heavy atom. The zero-order valence-electron chi connectivity index (χ0n) is 16.4. The van der Waals surface area contributed by atoms with Gasteiger partial charge in [0.25, 0.3) is 0 Å². The van der Waals surface area contributed by atoms with Crippen molar-refractivity contribution in [1.82, 2.24) is 9.88 Å². The van der Waals surface area contributed by atoms with Crippen LogP contribution in [-0.4, -0.2) is 40.1 Å². The predicted octanol–water partition coefficient (Wildman–Crippen LogP) is 5.23. The Labute approximate surface area is 178 Å². The Balaban J connectivity index is 1.78. The first-order valence-corrected chi connectivity index (χ1v) is 11.1. The quantitative estimate of drug-likeness (QED) is 0.609. The lowest BCUT2D eigenvalue weighted by Crippen LogP contribution is -2.28. The number of aromatic nitrogens is 1. The SMILES string of the molecule is COc1cc([C@@H]2[C@H](c3ccccn3)N=C3S[C@H](C)CN32)cc(Br)c1OC(C)C. The predicted molar refractivity (Wildman–Crippen MR) is 117 cm³/mol. The minimum atomic E-state index is -0.0373. The number of methoxy groups -OCH3 is 1. The minimum Gasteiger partial charge on any atom is -0.493 e. The van der Waals surface area contributed by atoms with Crippen molar-refractivity contribution in [2.45, 2.75) is 44.2 Å². The van der Waals surface area contributed by atoms with Crippen LogP contribution in [0.3, 0.4) is 0 Å². The number of amidine groups is 1. The molecule has 0 saturated carbocycles. The number of thioether (sulfide) groups is 1. The van der Waals surface area contributed by atoms with E-state index in [9.17, 15) is 0 Å². The molecule has 1 aromatic carbocycles.